The SMILES string of the molecule is CC1CNCCN1Cc1ccc(Cl)s1. The summed E-state index contributed by atoms with van der Waals surface area (Å²) in [6.45, 7) is 6.64. The number of hydrogen-bond donors (Lipinski definition) is 1. The van der Waals surface area contributed by atoms with E-state index in [2.05, 4.69) is 23.2 Å². The van der Waals surface area contributed by atoms with Crippen LogP contribution in [0.3, 0.4) is 0 Å². The van der Waals surface area contributed by atoms with Gasteiger partial charge in [0.1, 0.15) is 0 Å². The van der Waals surface area contributed by atoms with Crippen LogP contribution < -0.4 is 5.32 Å². The minimum atomic E-state index is 0.629. The Bertz CT molecular complexity index is 300. The lowest BCUT2D eigenvalue weighted by Gasteiger charge is -2.33. The van der Waals surface area contributed by atoms with Crippen molar-refractivity contribution in [2.45, 2.75) is 19.5 Å². The fourth-order valence-corrected chi connectivity index (χ4v) is 2.87. The summed E-state index contributed by atoms with van der Waals surface area (Å²) in [6.07, 6.45) is 0. The molecule has 1 N–H and O–H groups in total. The molecule has 0 radical (unpaired) electrons. The Balaban J connectivity index is 1.95. The predicted molar refractivity (Wildman–Crippen MR) is 62.1 cm³/mol. The molecule has 1 aliphatic heterocycles. The largest absolute Gasteiger partial charge is 0.314 e. The molecule has 2 nitrogen and oxygen atoms in total. The summed E-state index contributed by atoms with van der Waals surface area (Å²) in [6, 6.07) is 4.74. The average Bonchev–Trinajstić information content (AvgIpc) is 2.56. The maximum Gasteiger partial charge on any atom is 0.0931 e. The maximum atomic E-state index is 5.90. The first-order valence-corrected chi connectivity index (χ1v) is 6.14. The van der Waals surface area contributed by atoms with E-state index in [0.717, 1.165) is 30.5 Å². The van der Waals surface area contributed by atoms with Gasteiger partial charge in [0.05, 0.1) is 4.34 Å². The molecule has 0 aliphatic carbocycles. The van der Waals surface area contributed by atoms with Gasteiger partial charge in [0, 0.05) is 37.1 Å². The zero-order chi connectivity index (χ0) is 9.97. The fraction of sp³-hybridized carbons (Fsp3) is 0.600. The monoisotopic (exact) mass is 230 g/mol. The van der Waals surface area contributed by atoms with E-state index in [0.29, 0.717) is 6.04 Å². The molecular weight excluding hydrogens is 216 g/mol. The Labute approximate surface area is 93.9 Å². The van der Waals surface area contributed by atoms with E-state index in [1.54, 1.807) is 11.3 Å². The van der Waals surface area contributed by atoms with Crippen LogP contribution in [0.15, 0.2) is 12.1 Å². The first-order valence-electron chi connectivity index (χ1n) is 4.94. The van der Waals surface area contributed by atoms with Gasteiger partial charge in [-0.15, -0.1) is 11.3 Å². The molecule has 14 heavy (non-hydrogen) atoms. The van der Waals surface area contributed by atoms with Crippen molar-refractivity contribution in [1.82, 2.24) is 10.2 Å². The molecule has 1 aromatic heterocycles. The van der Waals surface area contributed by atoms with Crippen molar-refractivity contribution in [3.05, 3.63) is 21.3 Å². The van der Waals surface area contributed by atoms with Crippen molar-refractivity contribution in [3.63, 3.8) is 0 Å². The summed E-state index contributed by atoms with van der Waals surface area (Å²) >= 11 is 7.59. The summed E-state index contributed by atoms with van der Waals surface area (Å²) < 4.78 is 0.891. The summed E-state index contributed by atoms with van der Waals surface area (Å²) in [4.78, 5) is 3.86. The Hall–Kier alpha value is -0.0900. The molecule has 0 aromatic carbocycles. The van der Waals surface area contributed by atoms with Crippen molar-refractivity contribution in [3.8, 4) is 0 Å². The Morgan fingerprint density at radius 2 is 2.50 bits per heavy atom. The quantitative estimate of drug-likeness (QED) is 0.838. The molecule has 0 saturated carbocycles. The molecule has 1 fully saturated rings. The molecule has 0 amide bonds. The van der Waals surface area contributed by atoms with E-state index >= 15 is 0 Å². The molecule has 1 saturated heterocycles. The summed E-state index contributed by atoms with van der Waals surface area (Å²) in [7, 11) is 0. The maximum absolute atomic E-state index is 5.90. The minimum Gasteiger partial charge on any atom is -0.314 e. The van der Waals surface area contributed by atoms with Crippen LogP contribution in [0.25, 0.3) is 0 Å². The molecule has 1 atom stereocenters. The Morgan fingerprint density at radius 1 is 1.64 bits per heavy atom. The van der Waals surface area contributed by atoms with Gasteiger partial charge in [-0.3, -0.25) is 4.90 Å². The molecule has 2 rings (SSSR count). The second-order valence-corrected chi connectivity index (χ2v) is 5.53. The van der Waals surface area contributed by atoms with Gasteiger partial charge in [0.25, 0.3) is 0 Å². The molecular formula is C10H15ClN2S. The van der Waals surface area contributed by atoms with Crippen LogP contribution in [-0.2, 0) is 6.54 Å². The molecule has 0 bridgehead atoms. The van der Waals surface area contributed by atoms with Gasteiger partial charge in [-0.05, 0) is 19.1 Å². The number of nitrogens with one attached hydrogen (secondary N) is 1. The van der Waals surface area contributed by atoms with Gasteiger partial charge in [-0.25, -0.2) is 0 Å². The van der Waals surface area contributed by atoms with Crippen LogP contribution in [0.4, 0.5) is 0 Å². The Kier molecular flexibility index (Phi) is 3.44. The lowest BCUT2D eigenvalue weighted by molar-refractivity contribution is 0.167. The van der Waals surface area contributed by atoms with Gasteiger partial charge in [0.15, 0.2) is 0 Å². The van der Waals surface area contributed by atoms with E-state index < -0.39 is 0 Å². The number of halogens is 1. The highest BCUT2D eigenvalue weighted by Crippen LogP contribution is 2.23. The van der Waals surface area contributed by atoms with Crippen molar-refractivity contribution < 1.29 is 0 Å². The van der Waals surface area contributed by atoms with Crippen LogP contribution in [-0.4, -0.2) is 30.6 Å². The lowest BCUT2D eigenvalue weighted by atomic mass is 10.2. The third-order valence-electron chi connectivity index (χ3n) is 2.63. The average molecular weight is 231 g/mol. The van der Waals surface area contributed by atoms with E-state index in [-0.39, 0.29) is 0 Å². The predicted octanol–water partition coefficient (Wildman–Crippen LogP) is 2.20. The fourth-order valence-electron chi connectivity index (χ4n) is 1.75. The highest BCUT2D eigenvalue weighted by Gasteiger charge is 2.18. The lowest BCUT2D eigenvalue weighted by Crippen LogP contribution is -2.49. The minimum absolute atomic E-state index is 0.629. The van der Waals surface area contributed by atoms with Crippen LogP contribution in [0, 0.1) is 0 Å². The Morgan fingerprint density at radius 3 is 3.14 bits per heavy atom. The van der Waals surface area contributed by atoms with Crippen molar-refractivity contribution in [1.29, 1.82) is 0 Å². The van der Waals surface area contributed by atoms with Gasteiger partial charge in [0.2, 0.25) is 0 Å². The van der Waals surface area contributed by atoms with E-state index in [1.807, 2.05) is 6.07 Å². The van der Waals surface area contributed by atoms with Crippen LogP contribution in [0.5, 0.6) is 0 Å². The third kappa shape index (κ3) is 2.48. The number of hydrogen-bond acceptors (Lipinski definition) is 3. The molecule has 1 aromatic rings. The van der Waals surface area contributed by atoms with Crippen LogP contribution >= 0.6 is 22.9 Å². The zero-order valence-electron chi connectivity index (χ0n) is 8.29. The third-order valence-corrected chi connectivity index (χ3v) is 3.84. The van der Waals surface area contributed by atoms with Gasteiger partial charge in [-0.1, -0.05) is 11.6 Å². The van der Waals surface area contributed by atoms with Crippen LogP contribution in [0.1, 0.15) is 11.8 Å². The van der Waals surface area contributed by atoms with Gasteiger partial charge >= 0.3 is 0 Å². The summed E-state index contributed by atoms with van der Waals surface area (Å²) in [5.41, 5.74) is 0. The van der Waals surface area contributed by atoms with E-state index in [4.69, 9.17) is 11.6 Å². The first kappa shape index (κ1) is 10.4. The number of piperazine rings is 1. The van der Waals surface area contributed by atoms with Crippen molar-refractivity contribution >= 4 is 22.9 Å². The highest BCUT2D eigenvalue weighted by molar-refractivity contribution is 7.16. The zero-order valence-corrected chi connectivity index (χ0v) is 9.87. The van der Waals surface area contributed by atoms with Crippen LogP contribution in [0.2, 0.25) is 4.34 Å². The topological polar surface area (TPSA) is 15.3 Å². The molecule has 1 aliphatic rings. The number of nitrogens with zero attached hydrogens (tertiary/aromatic N) is 1. The number of thiophene rings is 1. The summed E-state index contributed by atoms with van der Waals surface area (Å²) in [5, 5.41) is 3.39. The highest BCUT2D eigenvalue weighted by atomic mass is 35.5. The molecule has 0 spiro atoms. The van der Waals surface area contributed by atoms with Gasteiger partial charge < -0.3 is 5.32 Å². The normalized spacial score (nSPS) is 24.0. The smallest absolute Gasteiger partial charge is 0.0931 e. The molecule has 4 heteroatoms. The van der Waals surface area contributed by atoms with E-state index in [1.165, 1.54) is 4.88 Å². The molecule has 1 unspecified atom stereocenters. The van der Waals surface area contributed by atoms with Crippen molar-refractivity contribution in [2.75, 3.05) is 19.6 Å². The second kappa shape index (κ2) is 4.62. The summed E-state index contributed by atoms with van der Waals surface area (Å²) in [5.74, 6) is 0. The molecule has 78 valence electrons. The number of rotatable bonds is 2. The standard InChI is InChI=1S/C10H15ClN2S/c1-8-6-12-4-5-13(8)7-9-2-3-10(11)14-9/h2-3,8,12H,4-7H2,1H3. The first-order chi connectivity index (χ1) is 6.75. The second-order valence-electron chi connectivity index (χ2n) is 3.73. The van der Waals surface area contributed by atoms with E-state index in [9.17, 15) is 0 Å². The molecule has 2 heterocycles. The van der Waals surface area contributed by atoms with Crippen molar-refractivity contribution in [2.24, 2.45) is 0 Å². The van der Waals surface area contributed by atoms with Gasteiger partial charge in [-0.2, -0.15) is 0 Å².